The van der Waals surface area contributed by atoms with Crippen molar-refractivity contribution < 1.29 is 13.6 Å². The molecule has 27 heavy (non-hydrogen) atoms. The van der Waals surface area contributed by atoms with E-state index in [0.29, 0.717) is 26.7 Å². The molecule has 0 aliphatic rings. The van der Waals surface area contributed by atoms with Crippen LogP contribution in [0.2, 0.25) is 0 Å². The summed E-state index contributed by atoms with van der Waals surface area (Å²) in [6.45, 7) is 0.247. The molecule has 2 aromatic carbocycles. The predicted molar refractivity (Wildman–Crippen MR) is 107 cm³/mol. The van der Waals surface area contributed by atoms with Crippen molar-refractivity contribution in [3.05, 3.63) is 78.0 Å². The van der Waals surface area contributed by atoms with Crippen molar-refractivity contribution in [3.8, 4) is 0 Å². The molecule has 0 aliphatic carbocycles. The van der Waals surface area contributed by atoms with Gasteiger partial charge in [0.1, 0.15) is 11.6 Å². The standard InChI is InChI=1S/C20H15FN2O2S2/c1-26-17-7-3-2-6-15(17)19(24)23(12-14-5-4-10-25-14)20-22-16-9-8-13(21)11-18(16)27-20/h2-11H,12H2,1H3. The Morgan fingerprint density at radius 3 is 2.85 bits per heavy atom. The van der Waals surface area contributed by atoms with Crippen LogP contribution in [-0.2, 0) is 6.54 Å². The van der Waals surface area contributed by atoms with E-state index in [0.717, 1.165) is 4.90 Å². The van der Waals surface area contributed by atoms with Gasteiger partial charge in [0.15, 0.2) is 5.13 Å². The van der Waals surface area contributed by atoms with Gasteiger partial charge in [-0.05, 0) is 48.7 Å². The predicted octanol–water partition coefficient (Wildman–Crippen LogP) is 5.60. The van der Waals surface area contributed by atoms with E-state index in [2.05, 4.69) is 4.98 Å². The van der Waals surface area contributed by atoms with Crippen LogP contribution in [0.3, 0.4) is 0 Å². The number of nitrogens with zero attached hydrogens (tertiary/aromatic N) is 2. The van der Waals surface area contributed by atoms with Gasteiger partial charge < -0.3 is 4.42 Å². The normalized spacial score (nSPS) is 11.0. The Hall–Kier alpha value is -2.64. The van der Waals surface area contributed by atoms with E-state index in [1.54, 1.807) is 29.4 Å². The first-order valence-corrected chi connectivity index (χ1v) is 10.2. The number of hydrogen-bond donors (Lipinski definition) is 0. The van der Waals surface area contributed by atoms with Gasteiger partial charge in [0.2, 0.25) is 0 Å². The van der Waals surface area contributed by atoms with Crippen molar-refractivity contribution >= 4 is 44.4 Å². The zero-order valence-electron chi connectivity index (χ0n) is 14.4. The molecular weight excluding hydrogens is 383 g/mol. The number of rotatable bonds is 5. The summed E-state index contributed by atoms with van der Waals surface area (Å²) < 4.78 is 19.7. The Morgan fingerprint density at radius 1 is 1.22 bits per heavy atom. The Balaban J connectivity index is 1.79. The topological polar surface area (TPSA) is 46.3 Å². The third-order valence-electron chi connectivity index (χ3n) is 4.05. The maximum Gasteiger partial charge on any atom is 0.261 e. The van der Waals surface area contributed by atoms with Gasteiger partial charge in [0.05, 0.1) is 28.6 Å². The number of carbonyl (C=O) groups excluding carboxylic acids is 1. The highest BCUT2D eigenvalue weighted by atomic mass is 32.2. The maximum absolute atomic E-state index is 13.6. The molecule has 0 radical (unpaired) electrons. The second-order valence-electron chi connectivity index (χ2n) is 5.78. The number of aromatic nitrogens is 1. The average Bonchev–Trinajstić information content (AvgIpc) is 3.34. The lowest BCUT2D eigenvalue weighted by Gasteiger charge is -2.20. The van der Waals surface area contributed by atoms with Gasteiger partial charge in [-0.3, -0.25) is 9.69 Å². The van der Waals surface area contributed by atoms with Crippen LogP contribution in [0.15, 0.2) is 70.2 Å². The summed E-state index contributed by atoms with van der Waals surface area (Å²) in [6.07, 6.45) is 3.50. The fourth-order valence-corrected chi connectivity index (χ4v) is 4.33. The van der Waals surface area contributed by atoms with Gasteiger partial charge in [-0.2, -0.15) is 0 Å². The monoisotopic (exact) mass is 398 g/mol. The largest absolute Gasteiger partial charge is 0.467 e. The van der Waals surface area contributed by atoms with Crippen molar-refractivity contribution in [1.29, 1.82) is 0 Å². The molecule has 0 spiro atoms. The molecule has 0 bridgehead atoms. The molecule has 4 aromatic rings. The number of thioether (sulfide) groups is 1. The Bertz CT molecular complexity index is 1090. The van der Waals surface area contributed by atoms with E-state index in [4.69, 9.17) is 4.42 Å². The molecule has 0 unspecified atom stereocenters. The molecule has 1 amide bonds. The minimum Gasteiger partial charge on any atom is -0.467 e. The lowest BCUT2D eigenvalue weighted by Crippen LogP contribution is -2.30. The number of thiazole rings is 1. The summed E-state index contributed by atoms with van der Waals surface area (Å²) in [5.41, 5.74) is 1.26. The molecule has 2 heterocycles. The number of fused-ring (bicyclic) bond motifs is 1. The number of hydrogen-bond acceptors (Lipinski definition) is 5. The van der Waals surface area contributed by atoms with Crippen LogP contribution >= 0.6 is 23.1 Å². The summed E-state index contributed by atoms with van der Waals surface area (Å²) in [6, 6.07) is 15.5. The Labute approximate surface area is 163 Å². The van der Waals surface area contributed by atoms with E-state index < -0.39 is 0 Å². The Morgan fingerprint density at radius 2 is 2.07 bits per heavy atom. The zero-order chi connectivity index (χ0) is 18.8. The van der Waals surface area contributed by atoms with Crippen molar-refractivity contribution in [2.75, 3.05) is 11.2 Å². The summed E-state index contributed by atoms with van der Waals surface area (Å²) in [7, 11) is 0. The van der Waals surface area contributed by atoms with Gasteiger partial charge in [-0.25, -0.2) is 9.37 Å². The molecule has 0 saturated heterocycles. The van der Waals surface area contributed by atoms with Gasteiger partial charge in [-0.1, -0.05) is 23.5 Å². The molecule has 0 N–H and O–H groups in total. The highest BCUT2D eigenvalue weighted by molar-refractivity contribution is 7.98. The number of furan rings is 1. The van der Waals surface area contributed by atoms with Gasteiger partial charge in [0, 0.05) is 4.90 Å². The zero-order valence-corrected chi connectivity index (χ0v) is 16.0. The molecule has 4 nitrogen and oxygen atoms in total. The van der Waals surface area contributed by atoms with E-state index in [9.17, 15) is 9.18 Å². The molecule has 0 fully saturated rings. The fourth-order valence-electron chi connectivity index (χ4n) is 2.75. The number of carbonyl (C=O) groups is 1. The SMILES string of the molecule is CSc1ccccc1C(=O)N(Cc1ccco1)c1nc2ccc(F)cc2s1. The first kappa shape index (κ1) is 17.8. The second-order valence-corrected chi connectivity index (χ2v) is 7.64. The van der Waals surface area contributed by atoms with Gasteiger partial charge in [-0.15, -0.1) is 11.8 Å². The van der Waals surface area contributed by atoms with E-state index in [1.807, 2.05) is 30.5 Å². The van der Waals surface area contributed by atoms with Crippen LogP contribution in [0.5, 0.6) is 0 Å². The highest BCUT2D eigenvalue weighted by Crippen LogP contribution is 2.32. The highest BCUT2D eigenvalue weighted by Gasteiger charge is 2.24. The number of amides is 1. The lowest BCUT2D eigenvalue weighted by atomic mass is 10.2. The lowest BCUT2D eigenvalue weighted by molar-refractivity contribution is 0.0980. The number of anilines is 1. The summed E-state index contributed by atoms with van der Waals surface area (Å²) >= 11 is 2.80. The van der Waals surface area contributed by atoms with E-state index in [1.165, 1.54) is 35.2 Å². The molecular formula is C20H15FN2O2S2. The molecule has 0 aliphatic heterocycles. The van der Waals surface area contributed by atoms with Gasteiger partial charge >= 0.3 is 0 Å². The van der Waals surface area contributed by atoms with Crippen molar-refractivity contribution in [2.24, 2.45) is 0 Å². The van der Waals surface area contributed by atoms with Crippen LogP contribution in [-0.4, -0.2) is 17.1 Å². The molecule has 0 saturated carbocycles. The van der Waals surface area contributed by atoms with Crippen LogP contribution in [0.25, 0.3) is 10.2 Å². The number of halogens is 1. The molecule has 7 heteroatoms. The minimum absolute atomic E-state index is 0.170. The van der Waals surface area contributed by atoms with Gasteiger partial charge in [0.25, 0.3) is 5.91 Å². The van der Waals surface area contributed by atoms with Crippen LogP contribution in [0.1, 0.15) is 16.1 Å². The summed E-state index contributed by atoms with van der Waals surface area (Å²) in [5.74, 6) is 0.153. The Kier molecular flexibility index (Phi) is 4.96. The van der Waals surface area contributed by atoms with E-state index >= 15 is 0 Å². The minimum atomic E-state index is -0.325. The average molecular weight is 398 g/mol. The van der Waals surface area contributed by atoms with E-state index in [-0.39, 0.29) is 18.3 Å². The molecule has 4 rings (SSSR count). The molecule has 136 valence electrons. The first-order chi connectivity index (χ1) is 13.2. The fraction of sp³-hybridized carbons (Fsp3) is 0.100. The quantitative estimate of drug-likeness (QED) is 0.411. The van der Waals surface area contributed by atoms with Crippen LogP contribution in [0, 0.1) is 5.82 Å². The smallest absolute Gasteiger partial charge is 0.261 e. The molecule has 0 atom stereocenters. The summed E-state index contributed by atoms with van der Waals surface area (Å²) in [4.78, 5) is 20.4. The third-order valence-corrected chi connectivity index (χ3v) is 5.88. The molecule has 2 aromatic heterocycles. The van der Waals surface area contributed by atoms with Crippen molar-refractivity contribution in [2.45, 2.75) is 11.4 Å². The first-order valence-electron chi connectivity index (χ1n) is 8.19. The van der Waals surface area contributed by atoms with Crippen molar-refractivity contribution in [3.63, 3.8) is 0 Å². The van der Waals surface area contributed by atoms with Crippen LogP contribution < -0.4 is 4.90 Å². The number of benzene rings is 2. The van der Waals surface area contributed by atoms with Crippen molar-refractivity contribution in [1.82, 2.24) is 4.98 Å². The second kappa shape index (κ2) is 7.54. The maximum atomic E-state index is 13.6. The summed E-state index contributed by atoms with van der Waals surface area (Å²) in [5, 5.41) is 0.507. The van der Waals surface area contributed by atoms with Crippen LogP contribution in [0.4, 0.5) is 9.52 Å². The third kappa shape index (κ3) is 3.61.